The van der Waals surface area contributed by atoms with E-state index in [4.69, 9.17) is 11.6 Å². The Labute approximate surface area is 179 Å². The predicted molar refractivity (Wildman–Crippen MR) is 116 cm³/mol. The zero-order valence-electron chi connectivity index (χ0n) is 16.5. The summed E-state index contributed by atoms with van der Waals surface area (Å²) in [6, 6.07) is 5.12. The van der Waals surface area contributed by atoms with E-state index in [0.29, 0.717) is 34.5 Å². The molecule has 0 radical (unpaired) electrons. The van der Waals surface area contributed by atoms with Crippen LogP contribution < -0.4 is 10.6 Å². The van der Waals surface area contributed by atoms with Gasteiger partial charge in [0, 0.05) is 24.5 Å². The van der Waals surface area contributed by atoms with Gasteiger partial charge in [0.2, 0.25) is 5.91 Å². The van der Waals surface area contributed by atoms with Crippen molar-refractivity contribution >= 4 is 41.5 Å². The minimum atomic E-state index is -0.0527. The molecule has 28 heavy (non-hydrogen) atoms. The molecule has 2 amide bonds. The summed E-state index contributed by atoms with van der Waals surface area (Å²) in [5, 5.41) is 6.88. The van der Waals surface area contributed by atoms with Crippen molar-refractivity contribution in [1.29, 1.82) is 0 Å². The Hall–Kier alpha value is -1.30. The van der Waals surface area contributed by atoms with Crippen LogP contribution in [-0.2, 0) is 4.79 Å². The summed E-state index contributed by atoms with van der Waals surface area (Å²) in [7, 11) is 0. The third-order valence-corrected chi connectivity index (χ3v) is 6.01. The van der Waals surface area contributed by atoms with Crippen LogP contribution in [0.3, 0.4) is 0 Å². The Bertz CT molecular complexity index is 672. The first-order valence-electron chi connectivity index (χ1n) is 10.1. The number of hydrogen-bond acceptors (Lipinski definition) is 3. The van der Waals surface area contributed by atoms with Crippen LogP contribution in [0.2, 0.25) is 5.02 Å². The number of halogens is 2. The number of likely N-dealkylation sites (tertiary alicyclic amines) is 1. The van der Waals surface area contributed by atoms with Gasteiger partial charge in [0.15, 0.2) is 0 Å². The second kappa shape index (κ2) is 11.0. The highest BCUT2D eigenvalue weighted by atomic mass is 35.5. The highest BCUT2D eigenvalue weighted by Crippen LogP contribution is 2.26. The van der Waals surface area contributed by atoms with E-state index in [1.807, 2.05) is 4.90 Å². The fourth-order valence-electron chi connectivity index (χ4n) is 4.10. The summed E-state index contributed by atoms with van der Waals surface area (Å²) < 4.78 is 0. The molecular formula is C21H31Cl2N3O2. The van der Waals surface area contributed by atoms with Crippen molar-refractivity contribution in [2.24, 2.45) is 11.8 Å². The van der Waals surface area contributed by atoms with Gasteiger partial charge >= 0.3 is 0 Å². The van der Waals surface area contributed by atoms with Gasteiger partial charge in [-0.25, -0.2) is 0 Å². The van der Waals surface area contributed by atoms with Crippen molar-refractivity contribution in [2.75, 3.05) is 31.5 Å². The molecule has 2 saturated heterocycles. The Kier molecular flexibility index (Phi) is 9.06. The van der Waals surface area contributed by atoms with E-state index in [1.54, 1.807) is 18.2 Å². The molecule has 2 aliphatic rings. The number of hydrogen-bond donors (Lipinski definition) is 2. The molecule has 3 rings (SSSR count). The highest BCUT2D eigenvalue weighted by molar-refractivity contribution is 6.31. The van der Waals surface area contributed by atoms with Crippen molar-refractivity contribution in [3.05, 3.63) is 28.8 Å². The molecule has 2 fully saturated rings. The van der Waals surface area contributed by atoms with E-state index in [2.05, 4.69) is 17.6 Å². The normalized spacial score (nSPS) is 20.8. The van der Waals surface area contributed by atoms with Gasteiger partial charge in [-0.2, -0.15) is 0 Å². The average molecular weight is 428 g/mol. The largest absolute Gasteiger partial charge is 0.339 e. The first-order chi connectivity index (χ1) is 13.0. The first-order valence-corrected chi connectivity index (χ1v) is 10.5. The molecular weight excluding hydrogens is 397 g/mol. The summed E-state index contributed by atoms with van der Waals surface area (Å²) in [5.41, 5.74) is 1.05. The van der Waals surface area contributed by atoms with Crippen molar-refractivity contribution in [2.45, 2.75) is 45.4 Å². The maximum atomic E-state index is 12.9. The van der Waals surface area contributed by atoms with Crippen LogP contribution in [0, 0.1) is 11.8 Å². The molecule has 156 valence electrons. The Morgan fingerprint density at radius 1 is 1.25 bits per heavy atom. The predicted octanol–water partition coefficient (Wildman–Crippen LogP) is 4.35. The smallest absolute Gasteiger partial charge is 0.255 e. The number of nitrogens with zero attached hydrogens (tertiary/aromatic N) is 1. The van der Waals surface area contributed by atoms with Crippen LogP contribution in [0.1, 0.15) is 55.8 Å². The topological polar surface area (TPSA) is 61.4 Å². The molecule has 0 bridgehead atoms. The second-order valence-electron chi connectivity index (χ2n) is 7.88. The Balaban J connectivity index is 0.00000280. The number of amides is 2. The van der Waals surface area contributed by atoms with Crippen molar-refractivity contribution < 1.29 is 9.59 Å². The number of carbonyl (C=O) groups excluding carboxylic acids is 2. The third kappa shape index (κ3) is 6.10. The van der Waals surface area contributed by atoms with E-state index >= 15 is 0 Å². The lowest BCUT2D eigenvalue weighted by Gasteiger charge is -2.28. The van der Waals surface area contributed by atoms with Crippen molar-refractivity contribution in [3.8, 4) is 0 Å². The molecule has 2 heterocycles. The van der Waals surface area contributed by atoms with E-state index in [0.717, 1.165) is 45.4 Å². The third-order valence-electron chi connectivity index (χ3n) is 5.78. The maximum Gasteiger partial charge on any atom is 0.255 e. The van der Waals surface area contributed by atoms with Crippen LogP contribution in [0.5, 0.6) is 0 Å². The fourth-order valence-corrected chi connectivity index (χ4v) is 4.27. The number of carbonyl (C=O) groups is 2. The lowest BCUT2D eigenvalue weighted by Crippen LogP contribution is -2.36. The average Bonchev–Trinajstić information content (AvgIpc) is 2.69. The molecule has 2 aliphatic heterocycles. The van der Waals surface area contributed by atoms with Gasteiger partial charge in [0.05, 0.1) is 11.3 Å². The SMILES string of the molecule is CC(CC(=O)Nc1cc(Cl)ccc1C(=O)N1CCCCC1)C1CCCNC1.Cl. The number of rotatable bonds is 5. The molecule has 2 N–H and O–H groups in total. The first kappa shape index (κ1) is 23.0. The van der Waals surface area contributed by atoms with E-state index in [-0.39, 0.29) is 24.2 Å². The van der Waals surface area contributed by atoms with Gasteiger partial charge in [0.25, 0.3) is 5.91 Å². The quantitative estimate of drug-likeness (QED) is 0.733. The molecule has 0 spiro atoms. The van der Waals surface area contributed by atoms with Crippen LogP contribution in [0.15, 0.2) is 18.2 Å². The minimum absolute atomic E-state index is 0. The van der Waals surface area contributed by atoms with Gasteiger partial charge in [-0.15, -0.1) is 12.4 Å². The molecule has 0 saturated carbocycles. The zero-order valence-corrected chi connectivity index (χ0v) is 18.1. The lowest BCUT2D eigenvalue weighted by atomic mass is 9.85. The summed E-state index contributed by atoms with van der Waals surface area (Å²) in [6.07, 6.45) is 6.02. The number of piperidine rings is 2. The molecule has 0 aromatic heterocycles. The van der Waals surface area contributed by atoms with Gasteiger partial charge in [-0.3, -0.25) is 9.59 Å². The van der Waals surface area contributed by atoms with Gasteiger partial charge in [0.1, 0.15) is 0 Å². The number of nitrogens with one attached hydrogen (secondary N) is 2. The number of benzene rings is 1. The summed E-state index contributed by atoms with van der Waals surface area (Å²) in [4.78, 5) is 27.4. The zero-order chi connectivity index (χ0) is 19.2. The molecule has 1 aromatic rings. The molecule has 2 unspecified atom stereocenters. The monoisotopic (exact) mass is 427 g/mol. The van der Waals surface area contributed by atoms with Crippen molar-refractivity contribution in [1.82, 2.24) is 10.2 Å². The summed E-state index contributed by atoms with van der Waals surface area (Å²) in [6.45, 7) is 5.74. The Morgan fingerprint density at radius 2 is 2.00 bits per heavy atom. The minimum Gasteiger partial charge on any atom is -0.339 e. The van der Waals surface area contributed by atoms with Crippen LogP contribution in [0.4, 0.5) is 5.69 Å². The van der Waals surface area contributed by atoms with Crippen LogP contribution >= 0.6 is 24.0 Å². The second-order valence-corrected chi connectivity index (χ2v) is 8.32. The van der Waals surface area contributed by atoms with E-state index in [9.17, 15) is 9.59 Å². The van der Waals surface area contributed by atoms with Gasteiger partial charge < -0.3 is 15.5 Å². The van der Waals surface area contributed by atoms with Crippen LogP contribution in [0.25, 0.3) is 0 Å². The standard InChI is InChI=1S/C21H30ClN3O2.ClH/c1-15(16-6-5-9-23-14-16)12-20(26)24-19-13-17(22)7-8-18(19)21(27)25-10-3-2-4-11-25;/h7-8,13,15-16,23H,2-6,9-12,14H2,1H3,(H,24,26);1H. The summed E-state index contributed by atoms with van der Waals surface area (Å²) >= 11 is 6.13. The lowest BCUT2D eigenvalue weighted by molar-refractivity contribution is -0.117. The van der Waals surface area contributed by atoms with Crippen molar-refractivity contribution in [3.63, 3.8) is 0 Å². The molecule has 7 heteroatoms. The summed E-state index contributed by atoms with van der Waals surface area (Å²) in [5.74, 6) is 0.755. The van der Waals surface area contributed by atoms with Gasteiger partial charge in [-0.1, -0.05) is 18.5 Å². The maximum absolute atomic E-state index is 12.9. The molecule has 1 aromatic carbocycles. The molecule has 5 nitrogen and oxygen atoms in total. The van der Waals surface area contributed by atoms with Crippen LogP contribution in [-0.4, -0.2) is 42.9 Å². The fraction of sp³-hybridized carbons (Fsp3) is 0.619. The molecule has 0 aliphatic carbocycles. The molecule has 2 atom stereocenters. The number of anilines is 1. The van der Waals surface area contributed by atoms with E-state index < -0.39 is 0 Å². The van der Waals surface area contributed by atoms with E-state index in [1.165, 1.54) is 12.8 Å². The Morgan fingerprint density at radius 3 is 2.68 bits per heavy atom. The highest BCUT2D eigenvalue weighted by Gasteiger charge is 2.24. The van der Waals surface area contributed by atoms with Gasteiger partial charge in [-0.05, 0) is 75.2 Å².